The van der Waals surface area contributed by atoms with Crippen molar-refractivity contribution < 1.29 is 18.1 Å². The van der Waals surface area contributed by atoms with Crippen LogP contribution in [0.1, 0.15) is 0 Å². The van der Waals surface area contributed by atoms with E-state index in [2.05, 4.69) is 4.72 Å². The quantitative estimate of drug-likeness (QED) is 0.793. The number of hydrogen-bond donors (Lipinski definition) is 1. The van der Waals surface area contributed by atoms with Crippen molar-refractivity contribution in [3.63, 3.8) is 0 Å². The Kier molecular flexibility index (Phi) is 3.12. The summed E-state index contributed by atoms with van der Waals surface area (Å²) in [7, 11) is 0.119. The van der Waals surface area contributed by atoms with Gasteiger partial charge < -0.3 is 18.6 Å². The first-order valence-electron chi connectivity index (χ1n) is 6.79. The van der Waals surface area contributed by atoms with E-state index in [0.717, 1.165) is 0 Å². The highest BCUT2D eigenvalue weighted by molar-refractivity contribution is 7.86. The Labute approximate surface area is 133 Å². The summed E-state index contributed by atoms with van der Waals surface area (Å²) in [6.07, 6.45) is 0. The largest absolute Gasteiger partial charge is 0.454 e. The summed E-state index contributed by atoms with van der Waals surface area (Å²) in [5, 5.41) is 0. The fourth-order valence-electron chi connectivity index (χ4n) is 2.36. The van der Waals surface area contributed by atoms with Gasteiger partial charge in [-0.05, 0) is 24.3 Å². The first-order valence-corrected chi connectivity index (χ1v) is 7.94. The van der Waals surface area contributed by atoms with Gasteiger partial charge in [-0.1, -0.05) is 0 Å². The maximum atomic E-state index is 12.5. The van der Waals surface area contributed by atoms with Gasteiger partial charge in [0.1, 0.15) is 11.0 Å². The number of rotatable bonds is 3. The van der Waals surface area contributed by atoms with Gasteiger partial charge in [0.2, 0.25) is 6.79 Å². The first kappa shape index (κ1) is 13.9. The molecule has 1 aliphatic rings. The third kappa shape index (κ3) is 2.36. The number of nitrogens with one attached hydrogen (secondary N) is 1. The zero-order chi connectivity index (χ0) is 16.0. The van der Waals surface area contributed by atoms with E-state index >= 15 is 0 Å². The van der Waals surface area contributed by atoms with Crippen LogP contribution in [0, 0.1) is 0 Å². The van der Waals surface area contributed by atoms with Crippen molar-refractivity contribution >= 4 is 27.8 Å². The van der Waals surface area contributed by atoms with E-state index in [1.165, 1.54) is 4.57 Å². The Hall–Kier alpha value is -2.74. The molecule has 8 heteroatoms. The van der Waals surface area contributed by atoms with Gasteiger partial charge in [0.15, 0.2) is 17.1 Å². The van der Waals surface area contributed by atoms with E-state index in [1.54, 1.807) is 43.4 Å². The molecule has 2 heterocycles. The van der Waals surface area contributed by atoms with E-state index in [-0.39, 0.29) is 6.79 Å². The number of aromatic nitrogens is 1. The molecular formula is C15H12N2O5S. The summed E-state index contributed by atoms with van der Waals surface area (Å²) in [6, 6.07) is 10.2. The molecule has 0 saturated heterocycles. The molecule has 7 nitrogen and oxygen atoms in total. The van der Waals surface area contributed by atoms with Crippen molar-refractivity contribution in [1.82, 2.24) is 4.57 Å². The van der Waals surface area contributed by atoms with Crippen LogP contribution in [0.4, 0.5) is 5.69 Å². The second-order valence-corrected chi connectivity index (χ2v) is 6.21. The summed E-state index contributed by atoms with van der Waals surface area (Å²) < 4.78 is 32.4. The average molecular weight is 332 g/mol. The molecule has 0 saturated carbocycles. The van der Waals surface area contributed by atoms with E-state index < -0.39 is 16.7 Å². The van der Waals surface area contributed by atoms with E-state index in [4.69, 9.17) is 13.9 Å². The molecular weight excluding hydrogens is 320 g/mol. The number of anilines is 1. The van der Waals surface area contributed by atoms with Crippen LogP contribution in [0.3, 0.4) is 0 Å². The number of oxazole rings is 1. The zero-order valence-electron chi connectivity index (χ0n) is 12.1. The average Bonchev–Trinajstić information content (AvgIpc) is 3.11. The minimum atomic E-state index is -1.50. The molecule has 0 radical (unpaired) electrons. The minimum Gasteiger partial charge on any atom is -0.454 e. The molecule has 0 amide bonds. The fourth-order valence-corrected chi connectivity index (χ4v) is 3.22. The molecule has 0 fully saturated rings. The smallest absolute Gasteiger partial charge is 0.419 e. The number of nitrogens with zero attached hydrogens (tertiary/aromatic N) is 1. The lowest BCUT2D eigenvalue weighted by atomic mass is 10.3. The Morgan fingerprint density at radius 1 is 1.13 bits per heavy atom. The lowest BCUT2D eigenvalue weighted by molar-refractivity contribution is 0.174. The normalized spacial score (nSPS) is 14.1. The Balaban J connectivity index is 1.63. The van der Waals surface area contributed by atoms with Gasteiger partial charge in [0, 0.05) is 19.2 Å². The minimum absolute atomic E-state index is 0.186. The van der Waals surface area contributed by atoms with Gasteiger partial charge in [-0.15, -0.1) is 0 Å². The summed E-state index contributed by atoms with van der Waals surface area (Å²) in [5.74, 6) is 0.817. The number of hydrogen-bond acceptors (Lipinski definition) is 5. The van der Waals surface area contributed by atoms with Gasteiger partial charge in [0.25, 0.3) is 0 Å². The molecule has 1 aliphatic heterocycles. The lowest BCUT2D eigenvalue weighted by Gasteiger charge is -2.07. The maximum absolute atomic E-state index is 12.5. The number of benzene rings is 2. The van der Waals surface area contributed by atoms with Gasteiger partial charge in [-0.3, -0.25) is 4.57 Å². The Morgan fingerprint density at radius 2 is 1.96 bits per heavy atom. The SMILES string of the molecule is Cn1c(=O)oc2cc(S(=O)Nc3ccc4c(c3)OCO4)ccc21. The molecule has 1 aromatic heterocycles. The molecule has 0 spiro atoms. The molecule has 23 heavy (non-hydrogen) atoms. The van der Waals surface area contributed by atoms with Crippen molar-refractivity contribution in [2.24, 2.45) is 7.05 Å². The van der Waals surface area contributed by atoms with Crippen molar-refractivity contribution in [3.8, 4) is 11.5 Å². The highest BCUT2D eigenvalue weighted by Crippen LogP contribution is 2.34. The van der Waals surface area contributed by atoms with Crippen molar-refractivity contribution in [1.29, 1.82) is 0 Å². The third-order valence-electron chi connectivity index (χ3n) is 3.56. The molecule has 1 N–H and O–H groups in total. The van der Waals surface area contributed by atoms with Gasteiger partial charge in [-0.2, -0.15) is 0 Å². The molecule has 2 aromatic carbocycles. The van der Waals surface area contributed by atoms with E-state index in [0.29, 0.717) is 33.2 Å². The molecule has 0 bridgehead atoms. The second-order valence-electron chi connectivity index (χ2n) is 5.00. The maximum Gasteiger partial charge on any atom is 0.419 e. The molecule has 4 rings (SSSR count). The van der Waals surface area contributed by atoms with Crippen LogP contribution >= 0.6 is 0 Å². The lowest BCUT2D eigenvalue weighted by Crippen LogP contribution is -2.08. The predicted octanol–water partition coefficient (Wildman–Crippen LogP) is 1.99. The Bertz CT molecular complexity index is 991. The summed E-state index contributed by atoms with van der Waals surface area (Å²) in [6.45, 7) is 0.186. The van der Waals surface area contributed by atoms with Crippen molar-refractivity contribution in [2.75, 3.05) is 11.5 Å². The monoisotopic (exact) mass is 332 g/mol. The first-order chi connectivity index (χ1) is 11.1. The predicted molar refractivity (Wildman–Crippen MR) is 84.1 cm³/mol. The zero-order valence-corrected chi connectivity index (χ0v) is 12.9. The second kappa shape index (κ2) is 5.17. The molecule has 118 valence electrons. The Morgan fingerprint density at radius 3 is 2.83 bits per heavy atom. The molecule has 0 aliphatic carbocycles. The number of ether oxygens (including phenoxy) is 2. The summed E-state index contributed by atoms with van der Waals surface area (Å²) >= 11 is 0. The van der Waals surface area contributed by atoms with Crippen LogP contribution in [-0.2, 0) is 18.0 Å². The standard InChI is InChI=1S/C15H12N2O5S/c1-17-11-4-3-10(7-13(11)22-15(17)18)23(19)16-9-2-5-12-14(6-9)21-8-20-12/h2-7,16H,8H2,1H3. The molecule has 1 atom stereocenters. The van der Waals surface area contributed by atoms with E-state index in [1.807, 2.05) is 0 Å². The van der Waals surface area contributed by atoms with Crippen LogP contribution in [0.5, 0.6) is 11.5 Å². The van der Waals surface area contributed by atoms with Crippen LogP contribution < -0.4 is 20.0 Å². The summed E-state index contributed by atoms with van der Waals surface area (Å²) in [4.78, 5) is 12.0. The molecule has 1 unspecified atom stereocenters. The van der Waals surface area contributed by atoms with Gasteiger partial charge in [-0.25, -0.2) is 9.00 Å². The van der Waals surface area contributed by atoms with Gasteiger partial charge in [0.05, 0.1) is 16.1 Å². The number of aryl methyl sites for hydroxylation is 1. The summed E-state index contributed by atoms with van der Waals surface area (Å²) in [5.41, 5.74) is 1.69. The van der Waals surface area contributed by atoms with E-state index in [9.17, 15) is 9.00 Å². The topological polar surface area (TPSA) is 82.7 Å². The van der Waals surface area contributed by atoms with Crippen molar-refractivity contribution in [3.05, 3.63) is 46.9 Å². The van der Waals surface area contributed by atoms with Crippen molar-refractivity contribution in [2.45, 2.75) is 4.90 Å². The van der Waals surface area contributed by atoms with Gasteiger partial charge >= 0.3 is 5.76 Å². The van der Waals surface area contributed by atoms with Crippen LogP contribution in [-0.4, -0.2) is 15.6 Å². The van der Waals surface area contributed by atoms with Crippen LogP contribution in [0.25, 0.3) is 11.1 Å². The number of fused-ring (bicyclic) bond motifs is 2. The van der Waals surface area contributed by atoms with Crippen LogP contribution in [0.15, 0.2) is 50.5 Å². The third-order valence-corrected chi connectivity index (χ3v) is 4.66. The molecule has 3 aromatic rings. The fraction of sp³-hybridized carbons (Fsp3) is 0.133. The highest BCUT2D eigenvalue weighted by atomic mass is 32.2. The highest BCUT2D eigenvalue weighted by Gasteiger charge is 2.15. The van der Waals surface area contributed by atoms with Crippen LogP contribution in [0.2, 0.25) is 0 Å².